The fourth-order valence-corrected chi connectivity index (χ4v) is 4.53. The molecule has 3 nitrogen and oxygen atoms in total. The zero-order valence-electron chi connectivity index (χ0n) is 19.0. The van der Waals surface area contributed by atoms with Crippen molar-refractivity contribution in [3.05, 3.63) is 82.1 Å². The standard InChI is InChI=1S/C27H27ClFNO2/c1-16-6-7-18(28)12-24(16)32-15-22-20(21-9-8-19(29)13-25(21)31-5)10-11-23-26(22)17(2)14-27(3,4)30-23/h6-14,30H,15H2,1-5H3. The van der Waals surface area contributed by atoms with E-state index in [4.69, 9.17) is 21.1 Å². The summed E-state index contributed by atoms with van der Waals surface area (Å²) in [6, 6.07) is 14.3. The van der Waals surface area contributed by atoms with Crippen LogP contribution in [0, 0.1) is 12.7 Å². The van der Waals surface area contributed by atoms with Gasteiger partial charge < -0.3 is 14.8 Å². The van der Waals surface area contributed by atoms with Crippen LogP contribution in [-0.2, 0) is 6.61 Å². The number of benzene rings is 3. The Bertz CT molecular complexity index is 1220. The van der Waals surface area contributed by atoms with Gasteiger partial charge in [-0.1, -0.05) is 29.8 Å². The maximum atomic E-state index is 13.9. The number of hydrogen-bond donors (Lipinski definition) is 1. The van der Waals surface area contributed by atoms with Crippen molar-refractivity contribution in [3.63, 3.8) is 0 Å². The van der Waals surface area contributed by atoms with E-state index >= 15 is 0 Å². The van der Waals surface area contributed by atoms with Crippen LogP contribution < -0.4 is 14.8 Å². The van der Waals surface area contributed by atoms with Crippen LogP contribution in [0.25, 0.3) is 16.7 Å². The maximum Gasteiger partial charge on any atom is 0.129 e. The monoisotopic (exact) mass is 451 g/mol. The molecule has 1 aliphatic heterocycles. The van der Waals surface area contributed by atoms with Gasteiger partial charge in [-0.3, -0.25) is 0 Å². The Labute approximate surface area is 193 Å². The van der Waals surface area contributed by atoms with Crippen LogP contribution in [0.5, 0.6) is 11.5 Å². The van der Waals surface area contributed by atoms with Gasteiger partial charge in [0.1, 0.15) is 23.9 Å². The molecule has 1 N–H and O–H groups in total. The minimum atomic E-state index is -0.338. The highest BCUT2D eigenvalue weighted by molar-refractivity contribution is 6.30. The molecule has 166 valence electrons. The van der Waals surface area contributed by atoms with E-state index in [9.17, 15) is 4.39 Å². The summed E-state index contributed by atoms with van der Waals surface area (Å²) < 4.78 is 25.7. The van der Waals surface area contributed by atoms with Crippen LogP contribution in [0.2, 0.25) is 5.02 Å². The Kier molecular flexibility index (Phi) is 5.91. The van der Waals surface area contributed by atoms with Crippen molar-refractivity contribution in [2.75, 3.05) is 12.4 Å². The van der Waals surface area contributed by atoms with Crippen molar-refractivity contribution in [1.29, 1.82) is 0 Å². The van der Waals surface area contributed by atoms with Crippen LogP contribution in [0.4, 0.5) is 10.1 Å². The summed E-state index contributed by atoms with van der Waals surface area (Å²) in [7, 11) is 1.55. The summed E-state index contributed by atoms with van der Waals surface area (Å²) in [5.74, 6) is 0.879. The number of rotatable bonds is 5. The maximum absolute atomic E-state index is 13.9. The lowest BCUT2D eigenvalue weighted by molar-refractivity contribution is 0.304. The van der Waals surface area contributed by atoms with Gasteiger partial charge in [-0.2, -0.15) is 0 Å². The molecule has 0 atom stereocenters. The molecule has 0 aromatic heterocycles. The number of halogens is 2. The van der Waals surface area contributed by atoms with E-state index in [1.807, 2.05) is 31.2 Å². The van der Waals surface area contributed by atoms with Gasteiger partial charge in [0, 0.05) is 33.5 Å². The van der Waals surface area contributed by atoms with E-state index < -0.39 is 0 Å². The second-order valence-corrected chi connectivity index (χ2v) is 9.17. The molecular weight excluding hydrogens is 425 g/mol. The minimum absolute atomic E-state index is 0.159. The fraction of sp³-hybridized carbons (Fsp3) is 0.259. The first-order valence-corrected chi connectivity index (χ1v) is 10.9. The van der Waals surface area contributed by atoms with E-state index in [1.165, 1.54) is 12.1 Å². The molecule has 1 aliphatic rings. The van der Waals surface area contributed by atoms with Crippen molar-refractivity contribution in [1.82, 2.24) is 0 Å². The molecule has 0 unspecified atom stereocenters. The van der Waals surface area contributed by atoms with Crippen LogP contribution in [0.1, 0.15) is 37.5 Å². The van der Waals surface area contributed by atoms with E-state index in [1.54, 1.807) is 13.2 Å². The lowest BCUT2D eigenvalue weighted by atomic mass is 9.85. The number of hydrogen-bond acceptors (Lipinski definition) is 3. The Morgan fingerprint density at radius 3 is 2.47 bits per heavy atom. The van der Waals surface area contributed by atoms with Gasteiger partial charge in [0.25, 0.3) is 0 Å². The third-order valence-corrected chi connectivity index (χ3v) is 5.95. The number of fused-ring (bicyclic) bond motifs is 1. The molecule has 3 aromatic rings. The SMILES string of the molecule is COc1cc(F)ccc1-c1ccc2c(c1COc1cc(Cl)ccc1C)C(C)=CC(C)(C)N2. The first-order chi connectivity index (χ1) is 15.2. The van der Waals surface area contributed by atoms with Crippen LogP contribution in [0.3, 0.4) is 0 Å². The third-order valence-electron chi connectivity index (χ3n) is 5.72. The third kappa shape index (κ3) is 4.33. The first kappa shape index (κ1) is 22.2. The first-order valence-electron chi connectivity index (χ1n) is 10.6. The van der Waals surface area contributed by atoms with Crippen molar-refractivity contribution in [2.45, 2.75) is 39.8 Å². The number of methoxy groups -OCH3 is 1. The molecule has 0 fully saturated rings. The highest BCUT2D eigenvalue weighted by Gasteiger charge is 2.27. The van der Waals surface area contributed by atoms with Crippen molar-refractivity contribution < 1.29 is 13.9 Å². The highest BCUT2D eigenvalue weighted by atomic mass is 35.5. The molecule has 0 amide bonds. The molecule has 32 heavy (non-hydrogen) atoms. The summed E-state index contributed by atoms with van der Waals surface area (Å²) in [5.41, 5.74) is 6.90. The van der Waals surface area contributed by atoms with Crippen LogP contribution in [0.15, 0.2) is 54.6 Å². The quantitative estimate of drug-likeness (QED) is 0.432. The Balaban J connectivity index is 1.88. The predicted octanol–water partition coefficient (Wildman–Crippen LogP) is 7.65. The summed E-state index contributed by atoms with van der Waals surface area (Å²) in [6.07, 6.45) is 2.22. The van der Waals surface area contributed by atoms with Crippen LogP contribution >= 0.6 is 11.6 Å². The largest absolute Gasteiger partial charge is 0.496 e. The van der Waals surface area contributed by atoms with Gasteiger partial charge in [-0.05, 0) is 74.7 Å². The molecule has 3 aromatic carbocycles. The molecule has 0 spiro atoms. The van der Waals surface area contributed by atoms with Gasteiger partial charge in [-0.25, -0.2) is 4.39 Å². The van der Waals surface area contributed by atoms with Crippen molar-refractivity contribution in [2.24, 2.45) is 0 Å². The summed E-state index contributed by atoms with van der Waals surface area (Å²) >= 11 is 6.20. The fourth-order valence-electron chi connectivity index (χ4n) is 4.37. The van der Waals surface area contributed by atoms with Crippen molar-refractivity contribution in [3.8, 4) is 22.6 Å². The molecule has 1 heterocycles. The highest BCUT2D eigenvalue weighted by Crippen LogP contribution is 2.43. The van der Waals surface area contributed by atoms with Crippen LogP contribution in [-0.4, -0.2) is 12.6 Å². The number of ether oxygens (including phenoxy) is 2. The van der Waals surface area contributed by atoms with Crippen molar-refractivity contribution >= 4 is 22.9 Å². The smallest absolute Gasteiger partial charge is 0.129 e. The predicted molar refractivity (Wildman–Crippen MR) is 130 cm³/mol. The summed E-state index contributed by atoms with van der Waals surface area (Å²) in [4.78, 5) is 0. The molecule has 0 aliphatic carbocycles. The summed E-state index contributed by atoms with van der Waals surface area (Å²) in [5, 5.41) is 4.22. The zero-order valence-corrected chi connectivity index (χ0v) is 19.7. The van der Waals surface area contributed by atoms with E-state index in [0.29, 0.717) is 17.4 Å². The number of aryl methyl sites for hydroxylation is 1. The topological polar surface area (TPSA) is 30.5 Å². The lowest BCUT2D eigenvalue weighted by Crippen LogP contribution is -2.32. The molecular formula is C27H27ClFNO2. The van der Waals surface area contributed by atoms with Gasteiger partial charge in [-0.15, -0.1) is 0 Å². The molecule has 0 saturated heterocycles. The lowest BCUT2D eigenvalue weighted by Gasteiger charge is -2.33. The number of anilines is 1. The second-order valence-electron chi connectivity index (χ2n) is 8.73. The normalized spacial score (nSPS) is 14.3. The van der Waals surface area contributed by atoms with Gasteiger partial charge in [0.05, 0.1) is 12.6 Å². The molecule has 5 heteroatoms. The molecule has 4 rings (SSSR count). The minimum Gasteiger partial charge on any atom is -0.496 e. The zero-order chi connectivity index (χ0) is 23.0. The second kappa shape index (κ2) is 8.51. The molecule has 0 saturated carbocycles. The van der Waals surface area contributed by atoms with Gasteiger partial charge >= 0.3 is 0 Å². The number of allylic oxidation sites excluding steroid dienone is 1. The average molecular weight is 452 g/mol. The Hall–Kier alpha value is -2.98. The average Bonchev–Trinajstić information content (AvgIpc) is 2.73. The van der Waals surface area contributed by atoms with Gasteiger partial charge in [0.15, 0.2) is 0 Å². The van der Waals surface area contributed by atoms with E-state index in [2.05, 4.69) is 38.2 Å². The molecule has 0 radical (unpaired) electrons. The summed E-state index contributed by atoms with van der Waals surface area (Å²) in [6.45, 7) is 8.71. The van der Waals surface area contributed by atoms with E-state index in [-0.39, 0.29) is 11.4 Å². The number of nitrogens with one attached hydrogen (secondary N) is 1. The Morgan fingerprint density at radius 1 is 0.969 bits per heavy atom. The van der Waals surface area contributed by atoms with Gasteiger partial charge in [0.2, 0.25) is 0 Å². The molecule has 0 bridgehead atoms. The Morgan fingerprint density at radius 2 is 1.72 bits per heavy atom. The van der Waals surface area contributed by atoms with E-state index in [0.717, 1.165) is 44.8 Å².